The van der Waals surface area contributed by atoms with Gasteiger partial charge in [0.1, 0.15) is 17.2 Å². The highest BCUT2D eigenvalue weighted by Gasteiger charge is 2.21. The molecule has 36 heavy (non-hydrogen) atoms. The Morgan fingerprint density at radius 1 is 1.14 bits per heavy atom. The molecule has 4 aromatic rings. The maximum absolute atomic E-state index is 14.1. The van der Waals surface area contributed by atoms with Gasteiger partial charge in [-0.1, -0.05) is 6.07 Å². The second-order valence-electron chi connectivity index (χ2n) is 8.68. The fourth-order valence-corrected chi connectivity index (χ4v) is 3.99. The second-order valence-corrected chi connectivity index (χ2v) is 8.68. The van der Waals surface area contributed by atoms with Crippen molar-refractivity contribution in [1.82, 2.24) is 15.3 Å². The van der Waals surface area contributed by atoms with Gasteiger partial charge in [-0.2, -0.15) is 0 Å². The van der Waals surface area contributed by atoms with Crippen molar-refractivity contribution >= 4 is 22.9 Å². The van der Waals surface area contributed by atoms with E-state index in [1.807, 2.05) is 26.0 Å². The number of hydrogen-bond donors (Lipinski definition) is 4. The first-order valence-corrected chi connectivity index (χ1v) is 11.4. The second kappa shape index (κ2) is 10.6. The Morgan fingerprint density at radius 3 is 2.67 bits per heavy atom. The molecule has 186 valence electrons. The van der Waals surface area contributed by atoms with Crippen LogP contribution in [0.3, 0.4) is 0 Å². The minimum atomic E-state index is -1.26. The molecule has 4 rings (SSSR count). The number of ether oxygens (including phenoxy) is 1. The Bertz CT molecular complexity index is 1420. The predicted octanol–water partition coefficient (Wildman–Crippen LogP) is 4.19. The number of aliphatic hydroxyl groups is 1. The molecular formula is C27H26FN3O5. The van der Waals surface area contributed by atoms with Gasteiger partial charge in [-0.05, 0) is 79.4 Å². The maximum Gasteiger partial charge on any atom is 0.335 e. The van der Waals surface area contributed by atoms with Gasteiger partial charge in [-0.15, -0.1) is 0 Å². The van der Waals surface area contributed by atoms with Crippen LogP contribution in [0.1, 0.15) is 40.1 Å². The number of halogens is 1. The molecule has 0 aliphatic heterocycles. The zero-order valence-electron chi connectivity index (χ0n) is 19.8. The zero-order chi connectivity index (χ0) is 25.8. The first-order chi connectivity index (χ1) is 17.2. The third-order valence-electron chi connectivity index (χ3n) is 5.62. The zero-order valence-corrected chi connectivity index (χ0v) is 19.8. The maximum atomic E-state index is 14.1. The van der Waals surface area contributed by atoms with Crippen molar-refractivity contribution in [3.8, 4) is 16.9 Å². The van der Waals surface area contributed by atoms with Crippen molar-refractivity contribution in [2.45, 2.75) is 32.4 Å². The Balaban J connectivity index is 1.65. The molecule has 1 amide bonds. The monoisotopic (exact) mass is 491 g/mol. The molecule has 0 fully saturated rings. The molecule has 0 radical (unpaired) electrons. The van der Waals surface area contributed by atoms with Gasteiger partial charge >= 0.3 is 5.97 Å². The summed E-state index contributed by atoms with van der Waals surface area (Å²) in [5.74, 6) is -2.13. The molecule has 0 saturated carbocycles. The van der Waals surface area contributed by atoms with E-state index in [1.165, 1.54) is 18.2 Å². The first kappa shape index (κ1) is 24.9. The van der Waals surface area contributed by atoms with E-state index < -0.39 is 23.7 Å². The Labute approximate surface area is 206 Å². The van der Waals surface area contributed by atoms with E-state index in [-0.39, 0.29) is 23.8 Å². The molecule has 2 aromatic carbocycles. The number of aromatic carboxylic acids is 1. The SMILES string of the molecule is CC(C)Oc1ccc(-c2cc(F)cc(C(=O)O)c2)cc1C(=O)NC(CO)Cc1c[nH]c2ncccc12. The quantitative estimate of drug-likeness (QED) is 0.278. The van der Waals surface area contributed by atoms with Crippen LogP contribution >= 0.6 is 0 Å². The molecule has 1 atom stereocenters. The molecule has 0 bridgehead atoms. The van der Waals surface area contributed by atoms with Crippen molar-refractivity contribution in [3.63, 3.8) is 0 Å². The average molecular weight is 492 g/mol. The van der Waals surface area contributed by atoms with Gasteiger partial charge in [0, 0.05) is 17.8 Å². The first-order valence-electron chi connectivity index (χ1n) is 11.4. The van der Waals surface area contributed by atoms with E-state index in [0.29, 0.717) is 28.9 Å². The number of hydrogen-bond acceptors (Lipinski definition) is 5. The van der Waals surface area contributed by atoms with E-state index in [2.05, 4.69) is 15.3 Å². The number of benzene rings is 2. The normalized spacial score (nSPS) is 12.0. The van der Waals surface area contributed by atoms with Crippen LogP contribution in [-0.2, 0) is 6.42 Å². The van der Waals surface area contributed by atoms with Crippen molar-refractivity contribution < 1.29 is 28.9 Å². The van der Waals surface area contributed by atoms with Crippen LogP contribution in [0.25, 0.3) is 22.2 Å². The molecule has 9 heteroatoms. The molecule has 0 aliphatic rings. The lowest BCUT2D eigenvalue weighted by Crippen LogP contribution is -2.39. The standard InChI is InChI=1S/C27H26FN3O5/c1-15(2)36-24-6-5-16(17-8-18(27(34)35)10-20(28)9-17)12-23(24)26(33)31-21(14-32)11-19-13-30-25-22(19)4-3-7-29-25/h3-10,12-13,15,21,32H,11,14H2,1-2H3,(H,29,30)(H,31,33)(H,34,35). The van der Waals surface area contributed by atoms with Crippen LogP contribution in [0.5, 0.6) is 5.75 Å². The summed E-state index contributed by atoms with van der Waals surface area (Å²) in [5.41, 5.74) is 2.34. The molecule has 1 unspecified atom stereocenters. The molecule has 0 spiro atoms. The van der Waals surface area contributed by atoms with E-state index in [4.69, 9.17) is 4.74 Å². The summed E-state index contributed by atoms with van der Waals surface area (Å²) in [6, 6.07) is 11.4. The largest absolute Gasteiger partial charge is 0.490 e. The van der Waals surface area contributed by atoms with Gasteiger partial charge in [0.15, 0.2) is 0 Å². The number of amides is 1. The Morgan fingerprint density at radius 2 is 1.94 bits per heavy atom. The third kappa shape index (κ3) is 5.52. The Hall–Kier alpha value is -4.24. The van der Waals surface area contributed by atoms with Gasteiger partial charge in [-0.3, -0.25) is 4.79 Å². The molecule has 8 nitrogen and oxygen atoms in total. The average Bonchev–Trinajstić information content (AvgIpc) is 3.25. The molecule has 2 aromatic heterocycles. The number of aromatic nitrogens is 2. The number of fused-ring (bicyclic) bond motifs is 1. The number of pyridine rings is 1. The van der Waals surface area contributed by atoms with E-state index in [0.717, 1.165) is 17.0 Å². The summed E-state index contributed by atoms with van der Waals surface area (Å²) in [6.07, 6.45) is 3.61. The lowest BCUT2D eigenvalue weighted by atomic mass is 9.99. The molecule has 0 aliphatic carbocycles. The minimum Gasteiger partial charge on any atom is -0.490 e. The summed E-state index contributed by atoms with van der Waals surface area (Å²) < 4.78 is 19.9. The number of carbonyl (C=O) groups is 2. The number of nitrogens with one attached hydrogen (secondary N) is 2. The summed E-state index contributed by atoms with van der Waals surface area (Å²) in [7, 11) is 0. The van der Waals surface area contributed by atoms with Crippen LogP contribution < -0.4 is 10.1 Å². The fourth-order valence-electron chi connectivity index (χ4n) is 3.99. The van der Waals surface area contributed by atoms with Gasteiger partial charge in [0.25, 0.3) is 5.91 Å². The Kier molecular flexibility index (Phi) is 7.30. The number of carbonyl (C=O) groups excluding carboxylic acids is 1. The highest BCUT2D eigenvalue weighted by Crippen LogP contribution is 2.29. The van der Waals surface area contributed by atoms with E-state index >= 15 is 0 Å². The predicted molar refractivity (Wildman–Crippen MR) is 133 cm³/mol. The number of nitrogens with zero attached hydrogens (tertiary/aromatic N) is 1. The van der Waals surface area contributed by atoms with Crippen LogP contribution in [0.4, 0.5) is 4.39 Å². The van der Waals surface area contributed by atoms with Crippen molar-refractivity contribution in [3.05, 3.63) is 83.4 Å². The minimum absolute atomic E-state index is 0.182. The number of H-pyrrole nitrogens is 1. The molecular weight excluding hydrogens is 465 g/mol. The van der Waals surface area contributed by atoms with Gasteiger partial charge < -0.3 is 25.3 Å². The lowest BCUT2D eigenvalue weighted by Gasteiger charge is -2.19. The number of rotatable bonds is 9. The topological polar surface area (TPSA) is 125 Å². The van der Waals surface area contributed by atoms with Crippen LogP contribution in [0.15, 0.2) is 60.9 Å². The number of carboxylic acid groups (broad SMARTS) is 1. The fraction of sp³-hybridized carbons (Fsp3) is 0.222. The van der Waals surface area contributed by atoms with Gasteiger partial charge in [-0.25, -0.2) is 14.2 Å². The number of aromatic amines is 1. The van der Waals surface area contributed by atoms with Gasteiger partial charge in [0.2, 0.25) is 0 Å². The van der Waals surface area contributed by atoms with Crippen molar-refractivity contribution in [2.75, 3.05) is 6.61 Å². The van der Waals surface area contributed by atoms with Crippen LogP contribution in [0, 0.1) is 5.82 Å². The van der Waals surface area contributed by atoms with E-state index in [1.54, 1.807) is 24.5 Å². The van der Waals surface area contributed by atoms with Crippen LogP contribution in [-0.4, -0.2) is 50.8 Å². The number of aliphatic hydroxyl groups excluding tert-OH is 1. The third-order valence-corrected chi connectivity index (χ3v) is 5.62. The smallest absolute Gasteiger partial charge is 0.335 e. The molecule has 2 heterocycles. The lowest BCUT2D eigenvalue weighted by molar-refractivity contribution is 0.0696. The molecule has 0 saturated heterocycles. The van der Waals surface area contributed by atoms with Crippen molar-refractivity contribution in [2.24, 2.45) is 0 Å². The highest BCUT2D eigenvalue weighted by atomic mass is 19.1. The highest BCUT2D eigenvalue weighted by molar-refractivity contribution is 5.99. The summed E-state index contributed by atoms with van der Waals surface area (Å²) in [5, 5.41) is 23.0. The summed E-state index contributed by atoms with van der Waals surface area (Å²) >= 11 is 0. The molecule has 4 N–H and O–H groups in total. The summed E-state index contributed by atoms with van der Waals surface area (Å²) in [6.45, 7) is 3.34. The van der Waals surface area contributed by atoms with E-state index in [9.17, 15) is 24.2 Å². The number of carboxylic acids is 1. The summed E-state index contributed by atoms with van der Waals surface area (Å²) in [4.78, 5) is 32.1. The van der Waals surface area contributed by atoms with Crippen LogP contribution in [0.2, 0.25) is 0 Å². The van der Waals surface area contributed by atoms with Gasteiger partial charge in [0.05, 0.1) is 29.9 Å². The van der Waals surface area contributed by atoms with Crippen molar-refractivity contribution in [1.29, 1.82) is 0 Å².